The summed E-state index contributed by atoms with van der Waals surface area (Å²) >= 11 is 0. The highest BCUT2D eigenvalue weighted by molar-refractivity contribution is 6.40. The Morgan fingerprint density at radius 1 is 0.529 bits per heavy atom. The molecule has 0 atom stereocenters. The molecule has 0 spiro atoms. The van der Waals surface area contributed by atoms with E-state index in [0.717, 1.165) is 0 Å². The van der Waals surface area contributed by atoms with E-state index in [2.05, 4.69) is 133 Å². The van der Waals surface area contributed by atoms with Gasteiger partial charge in [-0.1, -0.05) is 84.3 Å². The minimum atomic E-state index is 1.19. The van der Waals surface area contributed by atoms with Crippen LogP contribution in [-0.4, -0.2) is 17.0 Å². The largest absolute Gasteiger partial charge is 0.310 e. The predicted octanol–water partition coefficient (Wildman–Crippen LogP) is 6.45. The number of hydrogen-bond acceptors (Lipinski definition) is 0. The van der Waals surface area contributed by atoms with Crippen LogP contribution in [0.3, 0.4) is 0 Å². The molecule has 0 aliphatic carbocycles. The predicted molar refractivity (Wildman–Crippen MR) is 148 cm³/mol. The van der Waals surface area contributed by atoms with Crippen molar-refractivity contribution in [2.24, 2.45) is 0 Å². The summed E-state index contributed by atoms with van der Waals surface area (Å²) in [6.07, 6.45) is 0. The highest BCUT2D eigenvalue weighted by Crippen LogP contribution is 2.36. The van der Waals surface area contributed by atoms with E-state index in [-0.39, 0.29) is 0 Å². The lowest BCUT2D eigenvalue weighted by Gasteiger charge is -2.13. The van der Waals surface area contributed by atoms with Crippen molar-refractivity contribution in [1.82, 2.24) is 9.13 Å². The van der Waals surface area contributed by atoms with Crippen LogP contribution in [-0.2, 0) is 0 Å². The van der Waals surface area contributed by atoms with Crippen molar-refractivity contribution >= 4 is 56.9 Å². The number of hydrogen-bond donors (Lipinski definition) is 0. The Morgan fingerprint density at radius 3 is 1.94 bits per heavy atom. The van der Waals surface area contributed by atoms with Crippen LogP contribution in [0.1, 0.15) is 5.56 Å². The third-order valence-corrected chi connectivity index (χ3v) is 7.17. The summed E-state index contributed by atoms with van der Waals surface area (Å²) in [5.41, 5.74) is 9.95. The van der Waals surface area contributed by atoms with E-state index in [4.69, 9.17) is 0 Å². The van der Waals surface area contributed by atoms with E-state index >= 15 is 0 Å². The number of para-hydroxylation sites is 4. The van der Waals surface area contributed by atoms with Crippen LogP contribution >= 0.6 is 0 Å². The Labute approximate surface area is 199 Å². The van der Waals surface area contributed by atoms with Gasteiger partial charge in [-0.3, -0.25) is 0 Å². The average molecular weight is 434 g/mol. The average Bonchev–Trinajstić information content (AvgIpc) is 3.38. The van der Waals surface area contributed by atoms with Crippen LogP contribution in [0.15, 0.2) is 109 Å². The second-order valence-corrected chi connectivity index (χ2v) is 9.16. The molecule has 0 saturated heterocycles. The minimum absolute atomic E-state index is 1.19. The van der Waals surface area contributed by atoms with E-state index in [1.54, 1.807) is 0 Å². The van der Waals surface area contributed by atoms with Gasteiger partial charge >= 0.3 is 0 Å². The highest BCUT2D eigenvalue weighted by atomic mass is 15.0. The number of benzene rings is 5. The van der Waals surface area contributed by atoms with Gasteiger partial charge in [0.25, 0.3) is 0 Å². The third-order valence-electron chi connectivity index (χ3n) is 7.17. The summed E-state index contributed by atoms with van der Waals surface area (Å²) in [7, 11) is 2.21. The van der Waals surface area contributed by atoms with Crippen LogP contribution < -0.4 is 5.46 Å². The van der Waals surface area contributed by atoms with Crippen molar-refractivity contribution in [1.29, 1.82) is 0 Å². The van der Waals surface area contributed by atoms with Crippen LogP contribution in [0.5, 0.6) is 0 Å². The Balaban J connectivity index is 1.64. The fourth-order valence-corrected chi connectivity index (χ4v) is 5.63. The molecule has 0 N–H and O–H groups in total. The molecule has 160 valence electrons. The second-order valence-electron chi connectivity index (χ2n) is 9.16. The summed E-state index contributed by atoms with van der Waals surface area (Å²) < 4.78 is 4.85. The Morgan fingerprint density at radius 2 is 1.15 bits per heavy atom. The number of rotatable bonds is 2. The molecule has 3 heteroatoms. The summed E-state index contributed by atoms with van der Waals surface area (Å²) in [5.74, 6) is 0. The Bertz CT molecular complexity index is 1890. The van der Waals surface area contributed by atoms with Gasteiger partial charge in [-0.25, -0.2) is 0 Å². The first-order chi connectivity index (χ1) is 16.7. The van der Waals surface area contributed by atoms with E-state index in [1.807, 2.05) is 0 Å². The van der Waals surface area contributed by atoms with Gasteiger partial charge in [-0.2, -0.15) is 0 Å². The van der Waals surface area contributed by atoms with Crippen LogP contribution in [0.2, 0.25) is 0 Å². The van der Waals surface area contributed by atoms with Gasteiger partial charge in [-0.05, 0) is 42.8 Å². The number of nitrogens with zero attached hydrogens (tertiary/aromatic N) is 2. The Kier molecular flexibility index (Phi) is 4.04. The third kappa shape index (κ3) is 2.58. The van der Waals surface area contributed by atoms with E-state index in [9.17, 15) is 0 Å². The standard InChI is InChI=1S/C31H23BN2/c1-20-9-2-5-14-27(20)34-29-16-7-3-10-22(29)24-18-17-21(19-30(24)34)33-28-15-6-4-11-23(28)25-12-8-13-26(32)31(25)33/h2-19H,32H2,1H3. The lowest BCUT2D eigenvalue weighted by atomic mass is 9.93. The molecule has 2 heterocycles. The summed E-state index contributed by atoms with van der Waals surface area (Å²) in [6.45, 7) is 2.19. The molecule has 0 aliphatic heterocycles. The van der Waals surface area contributed by atoms with Crippen molar-refractivity contribution in [2.45, 2.75) is 6.92 Å². The van der Waals surface area contributed by atoms with Crippen molar-refractivity contribution < 1.29 is 0 Å². The SMILES string of the molecule is Bc1cccc2c3ccccc3n(-c3ccc4c5ccccc5n(-c5ccccc5C)c4c3)c12. The number of fused-ring (bicyclic) bond motifs is 6. The molecule has 0 fully saturated rings. The maximum Gasteiger partial charge on any atom is 0.142 e. The summed E-state index contributed by atoms with van der Waals surface area (Å²) in [5, 5.41) is 5.15. The van der Waals surface area contributed by atoms with Crippen molar-refractivity contribution in [2.75, 3.05) is 0 Å². The highest BCUT2D eigenvalue weighted by Gasteiger charge is 2.17. The first-order valence-electron chi connectivity index (χ1n) is 11.8. The fourth-order valence-electron chi connectivity index (χ4n) is 5.63. The van der Waals surface area contributed by atoms with Gasteiger partial charge < -0.3 is 9.13 Å². The molecule has 7 aromatic rings. The lowest BCUT2D eigenvalue weighted by molar-refractivity contribution is 1.14. The molecule has 0 unspecified atom stereocenters. The molecule has 0 aliphatic rings. The quantitative estimate of drug-likeness (QED) is 0.277. The van der Waals surface area contributed by atoms with Gasteiger partial charge in [0.15, 0.2) is 0 Å². The molecule has 0 bridgehead atoms. The van der Waals surface area contributed by atoms with E-state index in [0.29, 0.717) is 0 Å². The summed E-state index contributed by atoms with van der Waals surface area (Å²) in [4.78, 5) is 0. The fraction of sp³-hybridized carbons (Fsp3) is 0.0323. The normalized spacial score (nSPS) is 11.8. The molecular formula is C31H23BN2. The molecule has 2 nitrogen and oxygen atoms in total. The molecule has 0 amide bonds. The zero-order valence-corrected chi connectivity index (χ0v) is 19.3. The molecule has 5 aromatic carbocycles. The van der Waals surface area contributed by atoms with Gasteiger partial charge in [-0.15, -0.1) is 0 Å². The maximum atomic E-state index is 2.43. The van der Waals surface area contributed by atoms with Crippen molar-refractivity contribution in [3.63, 3.8) is 0 Å². The zero-order valence-electron chi connectivity index (χ0n) is 19.3. The first-order valence-corrected chi connectivity index (χ1v) is 11.8. The molecule has 7 rings (SSSR count). The van der Waals surface area contributed by atoms with Crippen molar-refractivity contribution in [3.05, 3.63) is 115 Å². The monoisotopic (exact) mass is 434 g/mol. The second kappa shape index (κ2) is 7.13. The topological polar surface area (TPSA) is 9.86 Å². The molecule has 0 radical (unpaired) electrons. The molecule has 2 aromatic heterocycles. The van der Waals surface area contributed by atoms with Crippen LogP contribution in [0.25, 0.3) is 55.0 Å². The zero-order chi connectivity index (χ0) is 22.8. The first kappa shape index (κ1) is 19.3. The van der Waals surface area contributed by atoms with Gasteiger partial charge in [0, 0.05) is 38.4 Å². The van der Waals surface area contributed by atoms with Gasteiger partial charge in [0.1, 0.15) is 7.85 Å². The van der Waals surface area contributed by atoms with Crippen LogP contribution in [0.4, 0.5) is 0 Å². The van der Waals surface area contributed by atoms with Gasteiger partial charge in [0.05, 0.1) is 16.6 Å². The minimum Gasteiger partial charge on any atom is -0.310 e. The Hall–Kier alpha value is -4.24. The van der Waals surface area contributed by atoms with Gasteiger partial charge in [0.2, 0.25) is 0 Å². The number of aromatic nitrogens is 2. The lowest BCUT2D eigenvalue weighted by Crippen LogP contribution is -2.08. The molecule has 0 saturated carbocycles. The summed E-state index contributed by atoms with van der Waals surface area (Å²) in [6, 6.07) is 39.6. The smallest absolute Gasteiger partial charge is 0.142 e. The van der Waals surface area contributed by atoms with Crippen LogP contribution in [0, 0.1) is 6.92 Å². The van der Waals surface area contributed by atoms with E-state index < -0.39 is 0 Å². The maximum absolute atomic E-state index is 2.43. The van der Waals surface area contributed by atoms with E-state index in [1.165, 1.54) is 66.0 Å². The number of aryl methyl sites for hydroxylation is 1. The molecular weight excluding hydrogens is 411 g/mol. The van der Waals surface area contributed by atoms with Crippen molar-refractivity contribution in [3.8, 4) is 11.4 Å². The molecule has 34 heavy (non-hydrogen) atoms.